The largest absolute Gasteiger partial charge is 0.491 e. The molecule has 2 aromatic carbocycles. The molecule has 0 unspecified atom stereocenters. The number of urea groups is 1. The first kappa shape index (κ1) is 14.4. The zero-order valence-corrected chi connectivity index (χ0v) is 12.8. The Balaban J connectivity index is 1.61. The molecule has 3 rings (SSSR count). The van der Waals surface area contributed by atoms with Gasteiger partial charge in [0.05, 0.1) is 6.04 Å². The Morgan fingerprint density at radius 2 is 2.00 bits per heavy atom. The lowest BCUT2D eigenvalue weighted by Crippen LogP contribution is -2.44. The van der Waals surface area contributed by atoms with Crippen molar-refractivity contribution < 1.29 is 9.53 Å². The second-order valence-corrected chi connectivity index (χ2v) is 5.74. The van der Waals surface area contributed by atoms with Crippen LogP contribution < -0.4 is 15.4 Å². The normalized spacial score (nSPS) is 16.4. The highest BCUT2D eigenvalue weighted by Gasteiger charge is 2.21. The smallest absolute Gasteiger partial charge is 0.319 e. The third kappa shape index (κ3) is 3.22. The fourth-order valence-electron chi connectivity index (χ4n) is 2.72. The maximum Gasteiger partial charge on any atom is 0.319 e. The zero-order chi connectivity index (χ0) is 15.5. The predicted molar refractivity (Wildman–Crippen MR) is 87.5 cm³/mol. The number of ether oxygens (including phenoxy) is 1. The molecule has 2 aromatic rings. The molecular weight excluding hydrogens is 276 g/mol. The standard InChI is InChI=1S/C18H20N2O2/c1-12-7-8-16(13(2)9-12)20-18(21)19-15-10-14-5-3-4-6-17(14)22-11-15/h3-9,15H,10-11H2,1-2H3,(H2,19,20,21)/t15-/m1/s1. The van der Waals surface area contributed by atoms with Crippen LogP contribution in [0.4, 0.5) is 10.5 Å². The van der Waals surface area contributed by atoms with Gasteiger partial charge in [-0.1, -0.05) is 35.9 Å². The van der Waals surface area contributed by atoms with E-state index in [0.717, 1.165) is 29.0 Å². The van der Waals surface area contributed by atoms with Crippen LogP contribution in [-0.2, 0) is 6.42 Å². The first-order valence-corrected chi connectivity index (χ1v) is 7.47. The molecule has 0 saturated carbocycles. The summed E-state index contributed by atoms with van der Waals surface area (Å²) in [6, 6.07) is 13.7. The van der Waals surface area contributed by atoms with Gasteiger partial charge in [-0.15, -0.1) is 0 Å². The molecule has 0 aromatic heterocycles. The Hall–Kier alpha value is -2.49. The summed E-state index contributed by atoms with van der Waals surface area (Å²) in [5.41, 5.74) is 4.20. The molecule has 1 aliphatic rings. The van der Waals surface area contributed by atoms with E-state index in [1.165, 1.54) is 5.56 Å². The highest BCUT2D eigenvalue weighted by atomic mass is 16.5. The predicted octanol–water partition coefficient (Wildman–Crippen LogP) is 3.43. The van der Waals surface area contributed by atoms with Gasteiger partial charge >= 0.3 is 6.03 Å². The van der Waals surface area contributed by atoms with Gasteiger partial charge in [0.1, 0.15) is 12.4 Å². The number of hydrogen-bond acceptors (Lipinski definition) is 2. The molecule has 0 aliphatic carbocycles. The van der Waals surface area contributed by atoms with Gasteiger partial charge in [0, 0.05) is 5.69 Å². The number of carbonyl (C=O) groups excluding carboxylic acids is 1. The summed E-state index contributed by atoms with van der Waals surface area (Å²) >= 11 is 0. The summed E-state index contributed by atoms with van der Waals surface area (Å²) in [6.45, 7) is 4.52. The topological polar surface area (TPSA) is 50.4 Å². The summed E-state index contributed by atoms with van der Waals surface area (Å²) in [5.74, 6) is 0.912. The van der Waals surface area contributed by atoms with Crippen LogP contribution in [0.3, 0.4) is 0 Å². The molecule has 1 aliphatic heterocycles. The summed E-state index contributed by atoms with van der Waals surface area (Å²) in [4.78, 5) is 12.2. The third-order valence-electron chi connectivity index (χ3n) is 3.84. The van der Waals surface area contributed by atoms with Gasteiger partial charge in [-0.25, -0.2) is 4.79 Å². The lowest BCUT2D eigenvalue weighted by molar-refractivity contribution is 0.222. The van der Waals surface area contributed by atoms with Crippen LogP contribution in [0.1, 0.15) is 16.7 Å². The lowest BCUT2D eigenvalue weighted by atomic mass is 10.0. The fourth-order valence-corrected chi connectivity index (χ4v) is 2.72. The number of benzene rings is 2. The van der Waals surface area contributed by atoms with Crippen LogP contribution in [0, 0.1) is 13.8 Å². The van der Waals surface area contributed by atoms with Gasteiger partial charge in [-0.3, -0.25) is 0 Å². The van der Waals surface area contributed by atoms with Crippen molar-refractivity contribution >= 4 is 11.7 Å². The van der Waals surface area contributed by atoms with Crippen LogP contribution >= 0.6 is 0 Å². The third-order valence-corrected chi connectivity index (χ3v) is 3.84. The molecule has 4 nitrogen and oxygen atoms in total. The first-order chi connectivity index (χ1) is 10.6. The van der Waals surface area contributed by atoms with E-state index in [4.69, 9.17) is 4.74 Å². The molecule has 0 saturated heterocycles. The first-order valence-electron chi connectivity index (χ1n) is 7.47. The summed E-state index contributed by atoms with van der Waals surface area (Å²) in [6.07, 6.45) is 0.788. The van der Waals surface area contributed by atoms with Gasteiger partial charge in [0.2, 0.25) is 0 Å². The Bertz CT molecular complexity index is 697. The van der Waals surface area contributed by atoms with E-state index in [9.17, 15) is 4.79 Å². The minimum atomic E-state index is -0.195. The number of carbonyl (C=O) groups is 1. The fraction of sp³-hybridized carbons (Fsp3) is 0.278. The van der Waals surface area contributed by atoms with Crippen molar-refractivity contribution in [1.82, 2.24) is 5.32 Å². The number of hydrogen-bond donors (Lipinski definition) is 2. The molecule has 2 N–H and O–H groups in total. The molecule has 114 valence electrons. The maximum absolute atomic E-state index is 12.2. The van der Waals surface area contributed by atoms with Gasteiger partial charge in [0.15, 0.2) is 0 Å². The van der Waals surface area contributed by atoms with Crippen LogP contribution in [0.2, 0.25) is 0 Å². The second-order valence-electron chi connectivity index (χ2n) is 5.74. The number of anilines is 1. The SMILES string of the molecule is Cc1ccc(NC(=O)N[C@H]2COc3ccccc3C2)c(C)c1. The lowest BCUT2D eigenvalue weighted by Gasteiger charge is -2.26. The Morgan fingerprint density at radius 1 is 1.18 bits per heavy atom. The van der Waals surface area contributed by atoms with E-state index in [-0.39, 0.29) is 12.1 Å². The highest BCUT2D eigenvalue weighted by Crippen LogP contribution is 2.24. The molecule has 0 fully saturated rings. The van der Waals surface area contributed by atoms with E-state index in [2.05, 4.69) is 16.7 Å². The highest BCUT2D eigenvalue weighted by molar-refractivity contribution is 5.90. The average Bonchev–Trinajstić information content (AvgIpc) is 2.50. The second kappa shape index (κ2) is 6.10. The van der Waals surface area contributed by atoms with E-state index in [1.807, 2.05) is 50.2 Å². The molecule has 0 bridgehead atoms. The minimum Gasteiger partial charge on any atom is -0.491 e. The molecule has 0 radical (unpaired) electrons. The summed E-state index contributed by atoms with van der Waals surface area (Å²) in [5, 5.41) is 5.88. The van der Waals surface area contributed by atoms with Gasteiger partial charge in [-0.2, -0.15) is 0 Å². The van der Waals surface area contributed by atoms with E-state index >= 15 is 0 Å². The van der Waals surface area contributed by atoms with Crippen molar-refractivity contribution in [3.63, 3.8) is 0 Å². The maximum atomic E-state index is 12.2. The van der Waals surface area contributed by atoms with Crippen molar-refractivity contribution in [3.05, 3.63) is 59.2 Å². The van der Waals surface area contributed by atoms with E-state index < -0.39 is 0 Å². The van der Waals surface area contributed by atoms with E-state index in [1.54, 1.807) is 0 Å². The number of amides is 2. The van der Waals surface area contributed by atoms with Crippen LogP contribution in [0.15, 0.2) is 42.5 Å². The average molecular weight is 296 g/mol. The molecule has 22 heavy (non-hydrogen) atoms. The molecule has 1 atom stereocenters. The number of para-hydroxylation sites is 1. The molecule has 1 heterocycles. The van der Waals surface area contributed by atoms with Crippen molar-refractivity contribution in [3.8, 4) is 5.75 Å². The van der Waals surface area contributed by atoms with Crippen LogP contribution in [0.5, 0.6) is 5.75 Å². The summed E-state index contributed by atoms with van der Waals surface area (Å²) in [7, 11) is 0. The van der Waals surface area contributed by atoms with Crippen molar-refractivity contribution in [2.45, 2.75) is 26.3 Å². The number of aryl methyl sites for hydroxylation is 2. The quantitative estimate of drug-likeness (QED) is 0.892. The Morgan fingerprint density at radius 3 is 2.82 bits per heavy atom. The number of rotatable bonds is 2. The molecule has 4 heteroatoms. The zero-order valence-electron chi connectivity index (χ0n) is 12.8. The Labute approximate surface area is 130 Å². The number of nitrogens with one attached hydrogen (secondary N) is 2. The van der Waals surface area contributed by atoms with Crippen molar-refractivity contribution in [2.24, 2.45) is 0 Å². The van der Waals surface area contributed by atoms with Crippen molar-refractivity contribution in [2.75, 3.05) is 11.9 Å². The van der Waals surface area contributed by atoms with E-state index in [0.29, 0.717) is 6.61 Å². The van der Waals surface area contributed by atoms with Gasteiger partial charge < -0.3 is 15.4 Å². The molecule has 2 amide bonds. The molecular formula is C18H20N2O2. The van der Waals surface area contributed by atoms with Gasteiger partial charge in [0.25, 0.3) is 0 Å². The Kier molecular flexibility index (Phi) is 4.00. The molecule has 0 spiro atoms. The minimum absolute atomic E-state index is 0.0133. The van der Waals surface area contributed by atoms with Gasteiger partial charge in [-0.05, 0) is 43.5 Å². The number of fused-ring (bicyclic) bond motifs is 1. The monoisotopic (exact) mass is 296 g/mol. The van der Waals surface area contributed by atoms with Crippen LogP contribution in [0.25, 0.3) is 0 Å². The summed E-state index contributed by atoms with van der Waals surface area (Å²) < 4.78 is 5.68. The van der Waals surface area contributed by atoms with Crippen LogP contribution in [-0.4, -0.2) is 18.7 Å². The van der Waals surface area contributed by atoms with Crippen molar-refractivity contribution in [1.29, 1.82) is 0 Å².